The van der Waals surface area contributed by atoms with Crippen molar-refractivity contribution < 1.29 is 9.50 Å². The van der Waals surface area contributed by atoms with Crippen LogP contribution in [-0.4, -0.2) is 30.4 Å². The molecule has 0 fully saturated rings. The van der Waals surface area contributed by atoms with Gasteiger partial charge < -0.3 is 9.67 Å². The molecule has 2 heterocycles. The van der Waals surface area contributed by atoms with E-state index in [0.717, 1.165) is 23.3 Å². The summed E-state index contributed by atoms with van der Waals surface area (Å²) in [4.78, 5) is 13.6. The molecule has 2 aromatic carbocycles. The maximum atomic E-state index is 13.5. The van der Waals surface area contributed by atoms with E-state index in [-0.39, 0.29) is 5.82 Å². The molecular formula is C24H23FN4OS. The summed E-state index contributed by atoms with van der Waals surface area (Å²) in [6.07, 6.45) is 3.95. The second-order valence-corrected chi connectivity index (χ2v) is 8.16. The Morgan fingerprint density at radius 2 is 1.81 bits per heavy atom. The van der Waals surface area contributed by atoms with E-state index in [4.69, 9.17) is 4.98 Å². The first-order valence-corrected chi connectivity index (χ1v) is 11.1. The standard InChI is InChI=1S/C24H23FN4OS/c1-2-14-31-24-26-13-12-20(28-24)23-22(18-8-10-19(25)11-9-18)27-16-29(23)21(30)15-17-6-4-3-5-7-17/h3-13,16,21,30H,2,14-15H2,1H3. The van der Waals surface area contributed by atoms with Gasteiger partial charge in [-0.1, -0.05) is 49.0 Å². The average Bonchev–Trinajstić information content (AvgIpc) is 3.24. The molecule has 0 aliphatic carbocycles. The monoisotopic (exact) mass is 434 g/mol. The van der Waals surface area contributed by atoms with Gasteiger partial charge in [0.1, 0.15) is 12.0 Å². The third kappa shape index (κ3) is 5.00. The van der Waals surface area contributed by atoms with E-state index >= 15 is 0 Å². The smallest absolute Gasteiger partial charge is 0.188 e. The Bertz CT molecular complexity index is 1130. The Morgan fingerprint density at radius 1 is 1.03 bits per heavy atom. The molecule has 0 spiro atoms. The number of aliphatic hydroxyl groups is 1. The molecule has 2 aromatic heterocycles. The van der Waals surface area contributed by atoms with E-state index in [9.17, 15) is 9.50 Å². The largest absolute Gasteiger partial charge is 0.373 e. The van der Waals surface area contributed by atoms with Crippen LogP contribution in [0.5, 0.6) is 0 Å². The first-order chi connectivity index (χ1) is 15.2. The molecule has 0 aliphatic rings. The van der Waals surface area contributed by atoms with Crippen LogP contribution in [0.25, 0.3) is 22.6 Å². The van der Waals surface area contributed by atoms with Crippen LogP contribution in [0.3, 0.4) is 0 Å². The summed E-state index contributed by atoms with van der Waals surface area (Å²) in [5, 5.41) is 11.7. The number of halogens is 1. The van der Waals surface area contributed by atoms with Gasteiger partial charge in [0, 0.05) is 23.9 Å². The summed E-state index contributed by atoms with van der Waals surface area (Å²) < 4.78 is 15.2. The molecule has 7 heteroatoms. The highest BCUT2D eigenvalue weighted by Gasteiger charge is 2.21. The van der Waals surface area contributed by atoms with Crippen molar-refractivity contribution in [3.05, 3.63) is 84.6 Å². The number of hydrogen-bond acceptors (Lipinski definition) is 5. The van der Waals surface area contributed by atoms with Crippen LogP contribution in [0.2, 0.25) is 0 Å². The molecule has 158 valence electrons. The van der Waals surface area contributed by atoms with Gasteiger partial charge in [-0.15, -0.1) is 0 Å². The van der Waals surface area contributed by atoms with Crippen molar-refractivity contribution in [2.24, 2.45) is 0 Å². The topological polar surface area (TPSA) is 63.8 Å². The normalized spacial score (nSPS) is 12.1. The summed E-state index contributed by atoms with van der Waals surface area (Å²) in [6, 6.07) is 17.8. The lowest BCUT2D eigenvalue weighted by atomic mass is 10.1. The fourth-order valence-electron chi connectivity index (χ4n) is 3.32. The molecule has 4 rings (SSSR count). The van der Waals surface area contributed by atoms with Crippen LogP contribution in [-0.2, 0) is 6.42 Å². The van der Waals surface area contributed by atoms with E-state index in [0.29, 0.717) is 28.7 Å². The van der Waals surface area contributed by atoms with Crippen molar-refractivity contribution in [3.63, 3.8) is 0 Å². The maximum Gasteiger partial charge on any atom is 0.188 e. The second-order valence-electron chi connectivity index (χ2n) is 7.10. The molecule has 0 saturated carbocycles. The van der Waals surface area contributed by atoms with E-state index in [2.05, 4.69) is 16.9 Å². The lowest BCUT2D eigenvalue weighted by Gasteiger charge is -2.17. The second kappa shape index (κ2) is 9.85. The predicted octanol–water partition coefficient (Wildman–Crippen LogP) is 5.38. The first-order valence-electron chi connectivity index (χ1n) is 10.2. The highest BCUT2D eigenvalue weighted by molar-refractivity contribution is 7.99. The summed E-state index contributed by atoms with van der Waals surface area (Å²) in [5.74, 6) is 0.610. The van der Waals surface area contributed by atoms with Crippen molar-refractivity contribution in [1.82, 2.24) is 19.5 Å². The number of aromatic nitrogens is 4. The third-order valence-electron chi connectivity index (χ3n) is 4.80. The first kappa shape index (κ1) is 21.2. The van der Waals surface area contributed by atoms with E-state index in [1.54, 1.807) is 41.0 Å². The molecule has 0 amide bonds. The van der Waals surface area contributed by atoms with Gasteiger partial charge in [-0.25, -0.2) is 19.3 Å². The van der Waals surface area contributed by atoms with Gasteiger partial charge in [0.15, 0.2) is 5.16 Å². The highest BCUT2D eigenvalue weighted by Crippen LogP contribution is 2.33. The number of hydrogen-bond donors (Lipinski definition) is 1. The molecule has 1 N–H and O–H groups in total. The Kier molecular flexibility index (Phi) is 6.74. The van der Waals surface area contributed by atoms with E-state index in [1.165, 1.54) is 12.1 Å². The number of aliphatic hydroxyl groups excluding tert-OH is 1. The van der Waals surface area contributed by atoms with Crippen molar-refractivity contribution >= 4 is 11.8 Å². The summed E-state index contributed by atoms with van der Waals surface area (Å²) in [7, 11) is 0. The third-order valence-corrected chi connectivity index (χ3v) is 5.87. The Hall–Kier alpha value is -3.03. The van der Waals surface area contributed by atoms with Crippen molar-refractivity contribution in [3.8, 4) is 22.6 Å². The molecule has 5 nitrogen and oxygen atoms in total. The summed E-state index contributed by atoms with van der Waals surface area (Å²) in [6.45, 7) is 2.11. The van der Waals surface area contributed by atoms with Gasteiger partial charge in [0.05, 0.1) is 23.4 Å². The van der Waals surface area contributed by atoms with Gasteiger partial charge in [0.2, 0.25) is 0 Å². The number of imidazole rings is 1. The maximum absolute atomic E-state index is 13.5. The number of nitrogens with zero attached hydrogens (tertiary/aromatic N) is 4. The van der Waals surface area contributed by atoms with Crippen LogP contribution in [0.1, 0.15) is 25.1 Å². The Morgan fingerprint density at radius 3 is 2.55 bits per heavy atom. The summed E-state index contributed by atoms with van der Waals surface area (Å²) in [5.41, 5.74) is 3.74. The van der Waals surface area contributed by atoms with E-state index < -0.39 is 6.23 Å². The lowest BCUT2D eigenvalue weighted by molar-refractivity contribution is 0.106. The quantitative estimate of drug-likeness (QED) is 0.298. The van der Waals surface area contributed by atoms with Crippen molar-refractivity contribution in [2.45, 2.75) is 31.1 Å². The number of thioether (sulfide) groups is 1. The minimum Gasteiger partial charge on any atom is -0.373 e. The van der Waals surface area contributed by atoms with Gasteiger partial charge in [0.25, 0.3) is 0 Å². The van der Waals surface area contributed by atoms with Crippen LogP contribution in [0.4, 0.5) is 4.39 Å². The van der Waals surface area contributed by atoms with Crippen molar-refractivity contribution in [2.75, 3.05) is 5.75 Å². The Balaban J connectivity index is 1.78. The SMILES string of the molecule is CCCSc1nccc(-c2c(-c3ccc(F)cc3)ncn2C(O)Cc2ccccc2)n1. The molecule has 0 aliphatic heterocycles. The van der Waals surface area contributed by atoms with Crippen molar-refractivity contribution in [1.29, 1.82) is 0 Å². The lowest BCUT2D eigenvalue weighted by Crippen LogP contribution is -2.12. The van der Waals surface area contributed by atoms with Crippen LogP contribution in [0.15, 0.2) is 78.3 Å². The minimum absolute atomic E-state index is 0.311. The molecule has 1 unspecified atom stereocenters. The van der Waals surface area contributed by atoms with Crippen LogP contribution < -0.4 is 0 Å². The molecule has 4 aromatic rings. The summed E-state index contributed by atoms with van der Waals surface area (Å²) >= 11 is 1.59. The van der Waals surface area contributed by atoms with Crippen LogP contribution >= 0.6 is 11.8 Å². The fourth-order valence-corrected chi connectivity index (χ4v) is 4.00. The van der Waals surface area contributed by atoms with E-state index in [1.807, 2.05) is 36.4 Å². The molecule has 31 heavy (non-hydrogen) atoms. The average molecular weight is 435 g/mol. The zero-order valence-corrected chi connectivity index (χ0v) is 18.0. The van der Waals surface area contributed by atoms with Gasteiger partial charge in [-0.2, -0.15) is 0 Å². The van der Waals surface area contributed by atoms with Crippen LogP contribution in [0, 0.1) is 5.82 Å². The molecule has 1 atom stereocenters. The predicted molar refractivity (Wildman–Crippen MR) is 121 cm³/mol. The number of benzene rings is 2. The van der Waals surface area contributed by atoms with Gasteiger partial charge in [-0.05, 0) is 42.3 Å². The minimum atomic E-state index is -0.833. The fraction of sp³-hybridized carbons (Fsp3) is 0.208. The highest BCUT2D eigenvalue weighted by atomic mass is 32.2. The number of rotatable bonds is 8. The Labute approximate surface area is 185 Å². The molecule has 0 saturated heterocycles. The zero-order valence-electron chi connectivity index (χ0n) is 17.1. The molecular weight excluding hydrogens is 411 g/mol. The molecule has 0 radical (unpaired) electrons. The van der Waals surface area contributed by atoms with Gasteiger partial charge in [-0.3, -0.25) is 0 Å². The van der Waals surface area contributed by atoms with Gasteiger partial charge >= 0.3 is 0 Å². The molecule has 0 bridgehead atoms. The zero-order chi connectivity index (χ0) is 21.6.